The maximum atomic E-state index is 12.2. The zero-order chi connectivity index (χ0) is 11.5. The van der Waals surface area contributed by atoms with E-state index in [1.54, 1.807) is 18.5 Å². The third-order valence-corrected chi connectivity index (χ3v) is 3.33. The summed E-state index contributed by atoms with van der Waals surface area (Å²) in [6.45, 7) is 1.93. The lowest BCUT2D eigenvalue weighted by atomic mass is 10.1. The Labute approximate surface area is 97.7 Å². The topological polar surface area (TPSA) is 39.2 Å². The Kier molecular flexibility index (Phi) is 3.01. The van der Waals surface area contributed by atoms with E-state index in [9.17, 15) is 4.79 Å². The summed E-state index contributed by atoms with van der Waals surface area (Å²) in [6, 6.07) is 3.62. The van der Waals surface area contributed by atoms with Gasteiger partial charge in [-0.25, -0.2) is 0 Å². The van der Waals surface area contributed by atoms with Gasteiger partial charge in [-0.15, -0.1) is 11.3 Å². The molecule has 2 rings (SSSR count). The number of carbonyl (C=O) groups excluding carboxylic acids is 1. The van der Waals surface area contributed by atoms with E-state index in [2.05, 4.69) is 4.98 Å². The molecule has 4 heteroatoms. The van der Waals surface area contributed by atoms with E-state index in [0.717, 1.165) is 10.4 Å². The molecule has 82 valence electrons. The van der Waals surface area contributed by atoms with Gasteiger partial charge < -0.3 is 4.74 Å². The van der Waals surface area contributed by atoms with Crippen molar-refractivity contribution >= 4 is 17.1 Å². The van der Waals surface area contributed by atoms with Crippen LogP contribution in [0.1, 0.15) is 20.8 Å². The molecular formula is C12H11NO2S. The number of carbonyl (C=O) groups is 1. The number of rotatable bonds is 3. The fraction of sp³-hybridized carbons (Fsp3) is 0.167. The number of hydrogen-bond acceptors (Lipinski definition) is 4. The van der Waals surface area contributed by atoms with Crippen LogP contribution in [0.25, 0.3) is 0 Å². The Hall–Kier alpha value is -1.68. The number of aryl methyl sites for hydroxylation is 1. The average Bonchev–Trinajstić information content (AvgIpc) is 2.74. The highest BCUT2D eigenvalue weighted by molar-refractivity contribution is 7.12. The molecule has 0 bridgehead atoms. The molecule has 2 aromatic rings. The van der Waals surface area contributed by atoms with E-state index in [1.165, 1.54) is 18.4 Å². The number of ketones is 1. The molecule has 0 saturated carbocycles. The van der Waals surface area contributed by atoms with E-state index in [1.807, 2.05) is 18.4 Å². The van der Waals surface area contributed by atoms with Crippen LogP contribution in [-0.4, -0.2) is 17.9 Å². The summed E-state index contributed by atoms with van der Waals surface area (Å²) < 4.78 is 5.13. The molecule has 16 heavy (non-hydrogen) atoms. The molecule has 0 spiro atoms. The predicted octanol–water partition coefficient (Wildman–Crippen LogP) is 2.69. The Morgan fingerprint density at radius 2 is 2.25 bits per heavy atom. The van der Waals surface area contributed by atoms with Gasteiger partial charge in [0.05, 0.1) is 23.7 Å². The van der Waals surface area contributed by atoms with Gasteiger partial charge in [-0.3, -0.25) is 9.78 Å². The van der Waals surface area contributed by atoms with Crippen molar-refractivity contribution in [1.82, 2.24) is 4.98 Å². The number of thiophene rings is 1. The molecule has 2 aromatic heterocycles. The van der Waals surface area contributed by atoms with Gasteiger partial charge in [0.15, 0.2) is 0 Å². The largest absolute Gasteiger partial charge is 0.494 e. The molecular weight excluding hydrogens is 222 g/mol. The van der Waals surface area contributed by atoms with Gasteiger partial charge in [0.1, 0.15) is 5.75 Å². The molecule has 0 saturated heterocycles. The lowest BCUT2D eigenvalue weighted by Gasteiger charge is -2.05. The molecule has 0 atom stereocenters. The second kappa shape index (κ2) is 4.45. The van der Waals surface area contributed by atoms with Crippen molar-refractivity contribution in [1.29, 1.82) is 0 Å². The minimum atomic E-state index is -0.00764. The number of hydrogen-bond donors (Lipinski definition) is 0. The van der Waals surface area contributed by atoms with Crippen LogP contribution >= 0.6 is 11.3 Å². The first kappa shape index (κ1) is 10.8. The number of pyridine rings is 1. The van der Waals surface area contributed by atoms with Crippen LogP contribution in [0.3, 0.4) is 0 Å². The molecule has 3 nitrogen and oxygen atoms in total. The number of methoxy groups -OCH3 is 1. The Bertz CT molecular complexity index is 519. The predicted molar refractivity (Wildman–Crippen MR) is 63.3 cm³/mol. The van der Waals surface area contributed by atoms with E-state index < -0.39 is 0 Å². The van der Waals surface area contributed by atoms with Crippen molar-refractivity contribution in [3.05, 3.63) is 45.9 Å². The van der Waals surface area contributed by atoms with Crippen LogP contribution < -0.4 is 4.74 Å². The van der Waals surface area contributed by atoms with Crippen molar-refractivity contribution in [2.75, 3.05) is 7.11 Å². The summed E-state index contributed by atoms with van der Waals surface area (Å²) in [4.78, 5) is 16.9. The summed E-state index contributed by atoms with van der Waals surface area (Å²) in [5.41, 5.74) is 1.55. The SMILES string of the molecule is COc1cnccc1C(=O)c1sccc1C. The minimum Gasteiger partial charge on any atom is -0.494 e. The van der Waals surface area contributed by atoms with Gasteiger partial charge in [-0.05, 0) is 30.0 Å². The highest BCUT2D eigenvalue weighted by Crippen LogP contribution is 2.24. The van der Waals surface area contributed by atoms with Crippen LogP contribution in [0.15, 0.2) is 29.9 Å². The van der Waals surface area contributed by atoms with Gasteiger partial charge in [0.25, 0.3) is 0 Å². The monoisotopic (exact) mass is 233 g/mol. The third-order valence-electron chi connectivity index (χ3n) is 2.32. The Morgan fingerprint density at radius 1 is 1.44 bits per heavy atom. The van der Waals surface area contributed by atoms with Crippen LogP contribution in [0.5, 0.6) is 5.75 Å². The molecule has 0 aliphatic heterocycles. The first-order valence-electron chi connectivity index (χ1n) is 4.81. The summed E-state index contributed by atoms with van der Waals surface area (Å²) >= 11 is 1.45. The normalized spacial score (nSPS) is 10.1. The fourth-order valence-corrected chi connectivity index (χ4v) is 2.34. The van der Waals surface area contributed by atoms with Gasteiger partial charge in [-0.1, -0.05) is 0 Å². The van der Waals surface area contributed by atoms with Crippen molar-refractivity contribution in [3.63, 3.8) is 0 Å². The first-order valence-corrected chi connectivity index (χ1v) is 5.69. The summed E-state index contributed by atoms with van der Waals surface area (Å²) in [6.07, 6.45) is 3.15. The van der Waals surface area contributed by atoms with Crippen molar-refractivity contribution in [3.8, 4) is 5.75 Å². The molecule has 0 unspecified atom stereocenters. The Morgan fingerprint density at radius 3 is 2.88 bits per heavy atom. The second-order valence-electron chi connectivity index (χ2n) is 3.34. The maximum Gasteiger partial charge on any atom is 0.207 e. The molecule has 0 amide bonds. The first-order chi connectivity index (χ1) is 7.74. The van der Waals surface area contributed by atoms with E-state index in [0.29, 0.717) is 11.3 Å². The summed E-state index contributed by atoms with van der Waals surface area (Å²) in [5, 5.41) is 1.91. The number of nitrogens with zero attached hydrogens (tertiary/aromatic N) is 1. The van der Waals surface area contributed by atoms with Crippen LogP contribution in [0.2, 0.25) is 0 Å². The third kappa shape index (κ3) is 1.84. The lowest BCUT2D eigenvalue weighted by molar-refractivity contribution is 0.103. The molecule has 0 N–H and O–H groups in total. The molecule has 0 aliphatic carbocycles. The molecule has 0 fully saturated rings. The summed E-state index contributed by atoms with van der Waals surface area (Å²) in [5.74, 6) is 0.507. The van der Waals surface area contributed by atoms with Gasteiger partial charge in [0, 0.05) is 6.20 Å². The maximum absolute atomic E-state index is 12.2. The zero-order valence-corrected chi connectivity index (χ0v) is 9.88. The minimum absolute atomic E-state index is 0.00764. The average molecular weight is 233 g/mol. The zero-order valence-electron chi connectivity index (χ0n) is 9.06. The van der Waals surface area contributed by atoms with Crippen LogP contribution in [0, 0.1) is 6.92 Å². The van der Waals surface area contributed by atoms with Gasteiger partial charge >= 0.3 is 0 Å². The fourth-order valence-electron chi connectivity index (χ4n) is 1.46. The van der Waals surface area contributed by atoms with Crippen LogP contribution in [-0.2, 0) is 0 Å². The Balaban J connectivity index is 2.46. The smallest absolute Gasteiger partial charge is 0.207 e. The second-order valence-corrected chi connectivity index (χ2v) is 4.25. The number of aromatic nitrogens is 1. The van der Waals surface area contributed by atoms with Crippen molar-refractivity contribution in [2.45, 2.75) is 6.92 Å². The van der Waals surface area contributed by atoms with Gasteiger partial charge in [0.2, 0.25) is 5.78 Å². The number of ether oxygens (including phenoxy) is 1. The standard InChI is InChI=1S/C12H11NO2S/c1-8-4-6-16-12(8)11(14)9-3-5-13-7-10(9)15-2/h3-7H,1-2H3. The molecule has 0 aliphatic rings. The highest BCUT2D eigenvalue weighted by Gasteiger charge is 2.16. The lowest BCUT2D eigenvalue weighted by Crippen LogP contribution is -2.03. The van der Waals surface area contributed by atoms with Gasteiger partial charge in [-0.2, -0.15) is 0 Å². The molecule has 2 heterocycles. The quantitative estimate of drug-likeness (QED) is 0.765. The summed E-state index contributed by atoms with van der Waals surface area (Å²) in [7, 11) is 1.54. The molecule has 0 radical (unpaired) electrons. The van der Waals surface area contributed by atoms with E-state index >= 15 is 0 Å². The van der Waals surface area contributed by atoms with Crippen LogP contribution in [0.4, 0.5) is 0 Å². The van der Waals surface area contributed by atoms with Crippen molar-refractivity contribution < 1.29 is 9.53 Å². The highest BCUT2D eigenvalue weighted by atomic mass is 32.1. The van der Waals surface area contributed by atoms with E-state index in [4.69, 9.17) is 4.74 Å². The van der Waals surface area contributed by atoms with E-state index in [-0.39, 0.29) is 5.78 Å². The van der Waals surface area contributed by atoms with Crippen molar-refractivity contribution in [2.24, 2.45) is 0 Å². The molecule has 0 aromatic carbocycles.